The molecule has 6 heteroatoms. The number of aromatic nitrogens is 2. The summed E-state index contributed by atoms with van der Waals surface area (Å²) in [5.74, 6) is 0.417. The highest BCUT2D eigenvalue weighted by molar-refractivity contribution is 6.00. The van der Waals surface area contributed by atoms with Gasteiger partial charge in [0.2, 0.25) is 0 Å². The van der Waals surface area contributed by atoms with Crippen LogP contribution in [0, 0.1) is 12.8 Å². The van der Waals surface area contributed by atoms with E-state index >= 15 is 0 Å². The van der Waals surface area contributed by atoms with E-state index in [1.165, 1.54) is 0 Å². The zero-order valence-corrected chi connectivity index (χ0v) is 13.7. The first-order valence-electron chi connectivity index (χ1n) is 8.17. The van der Waals surface area contributed by atoms with Gasteiger partial charge in [-0.15, -0.1) is 0 Å². The summed E-state index contributed by atoms with van der Waals surface area (Å²) in [4.78, 5) is 14.8. The minimum absolute atomic E-state index is 0.0538. The molecule has 2 aromatic heterocycles. The monoisotopic (exact) mass is 316 g/mol. The molecule has 3 heterocycles. The number of hydrogen-bond acceptors (Lipinski definition) is 4. The van der Waals surface area contributed by atoms with E-state index in [4.69, 9.17) is 5.11 Å². The molecule has 3 rings (SSSR count). The molecule has 0 bridgehead atoms. The van der Waals surface area contributed by atoms with Gasteiger partial charge in [0.1, 0.15) is 0 Å². The molecule has 124 valence electrons. The summed E-state index contributed by atoms with van der Waals surface area (Å²) >= 11 is 0. The number of piperidine rings is 1. The summed E-state index contributed by atoms with van der Waals surface area (Å²) in [7, 11) is 0. The molecule has 1 aliphatic rings. The van der Waals surface area contributed by atoms with Crippen molar-refractivity contribution in [1.82, 2.24) is 19.8 Å². The second kappa shape index (κ2) is 6.68. The number of fused-ring (bicyclic) bond motifs is 1. The zero-order valence-electron chi connectivity index (χ0n) is 13.7. The van der Waals surface area contributed by atoms with Gasteiger partial charge in [-0.05, 0) is 37.0 Å². The molecule has 0 aromatic carbocycles. The molecule has 2 aromatic rings. The molecule has 0 radical (unpaired) electrons. The number of aryl methyl sites for hydroxylation is 1. The van der Waals surface area contributed by atoms with Crippen LogP contribution >= 0.6 is 0 Å². The molecule has 0 aliphatic carbocycles. The third kappa shape index (κ3) is 3.23. The average Bonchev–Trinajstić information content (AvgIpc) is 2.96. The van der Waals surface area contributed by atoms with Crippen LogP contribution in [0.4, 0.5) is 0 Å². The predicted molar refractivity (Wildman–Crippen MR) is 88.5 cm³/mol. The summed E-state index contributed by atoms with van der Waals surface area (Å²) in [6.07, 6.45) is 4.46. The van der Waals surface area contributed by atoms with Gasteiger partial charge < -0.3 is 15.3 Å². The number of carbonyl (C=O) groups is 1. The highest BCUT2D eigenvalue weighted by Gasteiger charge is 2.29. The molecule has 6 nitrogen and oxygen atoms in total. The minimum Gasteiger partial charge on any atom is -0.395 e. The topological polar surface area (TPSA) is 69.9 Å². The van der Waals surface area contributed by atoms with Crippen molar-refractivity contribution in [2.45, 2.75) is 26.3 Å². The minimum atomic E-state index is 0.0538. The number of aliphatic hydroxyl groups excluding tert-OH is 1. The van der Waals surface area contributed by atoms with Crippen molar-refractivity contribution in [3.63, 3.8) is 0 Å². The standard InChI is InChI=1S/C17H24N4O2/c1-12-3-7-21-16(9-12)14(10-19-21)17(23)20-6-4-15(13(2)11-20)18-5-8-22/h3,7,9-10,13,15,18,22H,4-6,8,11H2,1-2H3. The first-order chi connectivity index (χ1) is 11.1. The van der Waals surface area contributed by atoms with E-state index in [0.29, 0.717) is 24.1 Å². The second-order valence-electron chi connectivity index (χ2n) is 6.39. The molecule has 1 saturated heterocycles. The Hall–Kier alpha value is -1.92. The summed E-state index contributed by atoms with van der Waals surface area (Å²) < 4.78 is 1.75. The number of rotatable bonds is 4. The maximum absolute atomic E-state index is 12.9. The molecule has 1 fully saturated rings. The van der Waals surface area contributed by atoms with E-state index in [1.54, 1.807) is 10.7 Å². The number of amides is 1. The lowest BCUT2D eigenvalue weighted by atomic mass is 9.93. The summed E-state index contributed by atoms with van der Waals surface area (Å²) in [6.45, 7) is 6.38. The van der Waals surface area contributed by atoms with Gasteiger partial charge >= 0.3 is 0 Å². The number of aliphatic hydroxyl groups is 1. The second-order valence-corrected chi connectivity index (χ2v) is 6.39. The van der Waals surface area contributed by atoms with E-state index in [1.807, 2.05) is 30.2 Å². The Kier molecular flexibility index (Phi) is 4.63. The Labute approximate surface area is 136 Å². The van der Waals surface area contributed by atoms with Crippen LogP contribution in [0.15, 0.2) is 24.5 Å². The smallest absolute Gasteiger partial charge is 0.257 e. The quantitative estimate of drug-likeness (QED) is 0.885. The van der Waals surface area contributed by atoms with Crippen LogP contribution in [0.2, 0.25) is 0 Å². The highest BCUT2D eigenvalue weighted by atomic mass is 16.3. The highest BCUT2D eigenvalue weighted by Crippen LogP contribution is 2.21. The van der Waals surface area contributed by atoms with Crippen molar-refractivity contribution in [2.24, 2.45) is 5.92 Å². The molecule has 2 atom stereocenters. The Morgan fingerprint density at radius 2 is 2.35 bits per heavy atom. The lowest BCUT2D eigenvalue weighted by Gasteiger charge is -2.37. The van der Waals surface area contributed by atoms with Crippen LogP contribution in [-0.4, -0.2) is 57.8 Å². The first-order valence-corrected chi connectivity index (χ1v) is 8.17. The number of likely N-dealkylation sites (tertiary alicyclic amines) is 1. The largest absolute Gasteiger partial charge is 0.395 e. The fourth-order valence-corrected chi connectivity index (χ4v) is 3.30. The number of nitrogens with one attached hydrogen (secondary N) is 1. The summed E-state index contributed by atoms with van der Waals surface area (Å²) in [5.41, 5.74) is 2.65. The third-order valence-electron chi connectivity index (χ3n) is 4.62. The summed E-state index contributed by atoms with van der Waals surface area (Å²) in [6, 6.07) is 4.34. The maximum atomic E-state index is 12.9. The molecule has 1 amide bonds. The van der Waals surface area contributed by atoms with Gasteiger partial charge in [-0.1, -0.05) is 6.92 Å². The molecular weight excluding hydrogens is 292 g/mol. The van der Waals surface area contributed by atoms with Gasteiger partial charge in [0.15, 0.2) is 0 Å². The van der Waals surface area contributed by atoms with E-state index in [0.717, 1.165) is 30.6 Å². The fraction of sp³-hybridized carbons (Fsp3) is 0.529. The van der Waals surface area contributed by atoms with Gasteiger partial charge in [0, 0.05) is 31.9 Å². The number of hydrogen-bond donors (Lipinski definition) is 2. The molecule has 23 heavy (non-hydrogen) atoms. The zero-order chi connectivity index (χ0) is 16.4. The number of nitrogens with zero attached hydrogens (tertiary/aromatic N) is 3. The van der Waals surface area contributed by atoms with Crippen molar-refractivity contribution in [2.75, 3.05) is 26.2 Å². The van der Waals surface area contributed by atoms with Crippen LogP contribution in [0.1, 0.15) is 29.3 Å². The third-order valence-corrected chi connectivity index (χ3v) is 4.62. The SMILES string of the molecule is Cc1ccn2ncc(C(=O)N3CCC(NCCO)C(C)C3)c2c1. The van der Waals surface area contributed by atoms with E-state index in [-0.39, 0.29) is 12.5 Å². The van der Waals surface area contributed by atoms with Gasteiger partial charge in [-0.3, -0.25) is 4.79 Å². The van der Waals surface area contributed by atoms with Gasteiger partial charge in [0.25, 0.3) is 5.91 Å². The Bertz CT molecular complexity index is 697. The summed E-state index contributed by atoms with van der Waals surface area (Å²) in [5, 5.41) is 16.6. The molecular formula is C17H24N4O2. The molecule has 1 aliphatic heterocycles. The fourth-order valence-electron chi connectivity index (χ4n) is 3.30. The molecule has 2 N–H and O–H groups in total. The predicted octanol–water partition coefficient (Wildman–Crippen LogP) is 1.08. The Balaban J connectivity index is 1.74. The van der Waals surface area contributed by atoms with Crippen LogP contribution in [0.25, 0.3) is 5.52 Å². The lowest BCUT2D eigenvalue weighted by molar-refractivity contribution is 0.0643. The van der Waals surface area contributed by atoms with Gasteiger partial charge in [0.05, 0.1) is 23.9 Å². The van der Waals surface area contributed by atoms with Crippen molar-refractivity contribution in [3.8, 4) is 0 Å². The van der Waals surface area contributed by atoms with Crippen molar-refractivity contribution >= 4 is 11.4 Å². The maximum Gasteiger partial charge on any atom is 0.257 e. The van der Waals surface area contributed by atoms with E-state index in [9.17, 15) is 4.79 Å². The van der Waals surface area contributed by atoms with Gasteiger partial charge in [-0.25, -0.2) is 4.52 Å². The molecule has 2 unspecified atom stereocenters. The molecule has 0 saturated carbocycles. The number of carbonyl (C=O) groups excluding carboxylic acids is 1. The Morgan fingerprint density at radius 3 is 3.09 bits per heavy atom. The van der Waals surface area contributed by atoms with Crippen LogP contribution in [-0.2, 0) is 0 Å². The normalized spacial score (nSPS) is 21.8. The van der Waals surface area contributed by atoms with E-state index in [2.05, 4.69) is 17.3 Å². The van der Waals surface area contributed by atoms with Crippen molar-refractivity contribution in [3.05, 3.63) is 35.7 Å². The van der Waals surface area contributed by atoms with Crippen molar-refractivity contribution < 1.29 is 9.90 Å². The van der Waals surface area contributed by atoms with E-state index < -0.39 is 0 Å². The van der Waals surface area contributed by atoms with Crippen LogP contribution < -0.4 is 5.32 Å². The van der Waals surface area contributed by atoms with Crippen LogP contribution in [0.5, 0.6) is 0 Å². The van der Waals surface area contributed by atoms with Crippen molar-refractivity contribution in [1.29, 1.82) is 0 Å². The molecule has 0 spiro atoms. The Morgan fingerprint density at radius 1 is 1.52 bits per heavy atom. The first kappa shape index (κ1) is 16.0. The van der Waals surface area contributed by atoms with Crippen LogP contribution in [0.3, 0.4) is 0 Å². The number of pyridine rings is 1. The van der Waals surface area contributed by atoms with Gasteiger partial charge in [-0.2, -0.15) is 5.10 Å². The lowest BCUT2D eigenvalue weighted by Crippen LogP contribution is -2.50. The average molecular weight is 316 g/mol.